The number of phenolic OH excluding ortho intramolecular Hbond substituents is 1. The van der Waals surface area contributed by atoms with Gasteiger partial charge in [0.05, 0.1) is 0 Å². The number of phenols is 1. The third-order valence-corrected chi connectivity index (χ3v) is 2.38. The number of rotatable bonds is 2. The van der Waals surface area contributed by atoms with E-state index in [2.05, 4.69) is 6.58 Å². The van der Waals surface area contributed by atoms with Gasteiger partial charge in [0.2, 0.25) is 0 Å². The molecule has 1 radical (unpaired) electrons. The summed E-state index contributed by atoms with van der Waals surface area (Å²) >= 11 is 0. The summed E-state index contributed by atoms with van der Waals surface area (Å²) in [5.41, 5.74) is 0.348. The van der Waals surface area contributed by atoms with Crippen molar-refractivity contribution in [2.24, 2.45) is 0 Å². The van der Waals surface area contributed by atoms with Gasteiger partial charge >= 0.3 is 5.97 Å². The predicted molar refractivity (Wildman–Crippen MR) is 66.1 cm³/mol. The summed E-state index contributed by atoms with van der Waals surface area (Å²) in [7, 11) is 0. The van der Waals surface area contributed by atoms with E-state index in [1.165, 1.54) is 0 Å². The van der Waals surface area contributed by atoms with Gasteiger partial charge in [-0.2, -0.15) is 0 Å². The van der Waals surface area contributed by atoms with Gasteiger partial charge in [-0.05, 0) is 36.6 Å². The number of fused-ring (bicyclic) bond motifs is 1. The van der Waals surface area contributed by atoms with E-state index in [4.69, 9.17) is 4.74 Å². The summed E-state index contributed by atoms with van der Waals surface area (Å²) in [6.07, 6.45) is 0. The average molecular weight is 317 g/mol. The SMILES string of the molecule is C=C(C)C(=O)Oc1cccc2cc(O)ccc12.[Y]. The fourth-order valence-corrected chi connectivity index (χ4v) is 1.52. The average Bonchev–Trinajstić information content (AvgIpc) is 2.28. The number of esters is 1. The first-order chi connectivity index (χ1) is 8.08. The van der Waals surface area contributed by atoms with Crippen molar-refractivity contribution in [3.05, 3.63) is 48.6 Å². The zero-order chi connectivity index (χ0) is 12.4. The van der Waals surface area contributed by atoms with Crippen molar-refractivity contribution in [1.82, 2.24) is 0 Å². The third kappa shape index (κ3) is 3.18. The van der Waals surface area contributed by atoms with Gasteiger partial charge in [0, 0.05) is 43.7 Å². The maximum absolute atomic E-state index is 11.5. The number of aromatic hydroxyl groups is 1. The predicted octanol–water partition coefficient (Wildman–Crippen LogP) is 3.02. The molecule has 18 heavy (non-hydrogen) atoms. The molecule has 0 atom stereocenters. The second-order valence-corrected chi connectivity index (χ2v) is 3.83. The maximum atomic E-state index is 11.5. The summed E-state index contributed by atoms with van der Waals surface area (Å²) in [6, 6.07) is 10.2. The van der Waals surface area contributed by atoms with Gasteiger partial charge in [0.1, 0.15) is 11.5 Å². The molecule has 0 unspecified atom stereocenters. The Hall–Kier alpha value is -1.19. The van der Waals surface area contributed by atoms with Crippen LogP contribution in [0.4, 0.5) is 0 Å². The summed E-state index contributed by atoms with van der Waals surface area (Å²) in [6.45, 7) is 5.13. The molecule has 4 heteroatoms. The van der Waals surface area contributed by atoms with Crippen LogP contribution in [0.2, 0.25) is 0 Å². The molecule has 0 saturated heterocycles. The molecule has 0 spiro atoms. The van der Waals surface area contributed by atoms with Crippen LogP contribution >= 0.6 is 0 Å². The van der Waals surface area contributed by atoms with Crippen molar-refractivity contribution in [2.75, 3.05) is 0 Å². The Balaban J connectivity index is 0.00000162. The minimum atomic E-state index is -0.453. The van der Waals surface area contributed by atoms with Gasteiger partial charge in [-0.25, -0.2) is 4.79 Å². The van der Waals surface area contributed by atoms with E-state index in [1.807, 2.05) is 6.07 Å². The quantitative estimate of drug-likeness (QED) is 0.526. The van der Waals surface area contributed by atoms with Crippen molar-refractivity contribution in [2.45, 2.75) is 6.92 Å². The van der Waals surface area contributed by atoms with E-state index in [1.54, 1.807) is 37.3 Å². The third-order valence-electron chi connectivity index (χ3n) is 2.38. The molecule has 0 saturated carbocycles. The molecule has 0 aliphatic heterocycles. The zero-order valence-corrected chi connectivity index (χ0v) is 12.9. The Labute approximate surface area is 130 Å². The van der Waals surface area contributed by atoms with Crippen molar-refractivity contribution >= 4 is 16.7 Å². The molecule has 2 aromatic rings. The number of benzene rings is 2. The second-order valence-electron chi connectivity index (χ2n) is 3.83. The van der Waals surface area contributed by atoms with Gasteiger partial charge in [0.15, 0.2) is 0 Å². The Morgan fingerprint density at radius 2 is 2.00 bits per heavy atom. The number of carbonyl (C=O) groups is 1. The van der Waals surface area contributed by atoms with Crippen LogP contribution in [0.3, 0.4) is 0 Å². The number of ether oxygens (including phenoxy) is 1. The molecule has 0 aliphatic carbocycles. The Bertz CT molecular complexity index is 605. The second kappa shape index (κ2) is 6.12. The molecular weight excluding hydrogens is 305 g/mol. The Morgan fingerprint density at radius 3 is 2.67 bits per heavy atom. The standard InChI is InChI=1S/C14H12O3.Y/c1-9(2)14(16)17-13-5-3-4-10-8-11(15)6-7-12(10)13;/h3-8,15H,1H2,2H3;. The summed E-state index contributed by atoms with van der Waals surface area (Å²) in [4.78, 5) is 11.5. The van der Waals surface area contributed by atoms with Crippen molar-refractivity contribution in [1.29, 1.82) is 0 Å². The molecule has 2 aromatic carbocycles. The number of carbonyl (C=O) groups excluding carboxylic acids is 1. The molecule has 0 aliphatic rings. The smallest absolute Gasteiger partial charge is 0.338 e. The van der Waals surface area contributed by atoms with Crippen molar-refractivity contribution < 1.29 is 47.3 Å². The zero-order valence-electron chi connectivity index (χ0n) is 10.0. The topological polar surface area (TPSA) is 46.5 Å². The van der Waals surface area contributed by atoms with Gasteiger partial charge < -0.3 is 9.84 Å². The Kier molecular flexibility index (Phi) is 5.06. The first-order valence-electron chi connectivity index (χ1n) is 5.17. The monoisotopic (exact) mass is 317 g/mol. The summed E-state index contributed by atoms with van der Waals surface area (Å²) in [5, 5.41) is 11.0. The van der Waals surface area contributed by atoms with Crippen LogP contribution in [0.1, 0.15) is 6.92 Å². The first-order valence-corrected chi connectivity index (χ1v) is 5.17. The van der Waals surface area contributed by atoms with E-state index >= 15 is 0 Å². The fraction of sp³-hybridized carbons (Fsp3) is 0.0714. The van der Waals surface area contributed by atoms with E-state index < -0.39 is 5.97 Å². The van der Waals surface area contributed by atoms with Crippen molar-refractivity contribution in [3.63, 3.8) is 0 Å². The molecule has 0 bridgehead atoms. The Morgan fingerprint density at radius 1 is 1.28 bits per heavy atom. The van der Waals surface area contributed by atoms with E-state index in [9.17, 15) is 9.90 Å². The van der Waals surface area contributed by atoms with Crippen LogP contribution in [0.15, 0.2) is 48.6 Å². The molecule has 1 N–H and O–H groups in total. The van der Waals surface area contributed by atoms with E-state index in [0.717, 1.165) is 10.8 Å². The molecule has 89 valence electrons. The van der Waals surface area contributed by atoms with Crippen LogP contribution in [0.25, 0.3) is 10.8 Å². The molecule has 0 heterocycles. The first kappa shape index (κ1) is 14.9. The van der Waals surface area contributed by atoms with Gasteiger partial charge in [-0.1, -0.05) is 18.7 Å². The van der Waals surface area contributed by atoms with Crippen LogP contribution < -0.4 is 4.74 Å². The van der Waals surface area contributed by atoms with Gasteiger partial charge in [-0.3, -0.25) is 0 Å². The molecular formula is C14H12O3Y. The molecule has 2 rings (SSSR count). The largest absolute Gasteiger partial charge is 0.508 e. The van der Waals surface area contributed by atoms with Crippen LogP contribution in [-0.4, -0.2) is 11.1 Å². The molecule has 3 nitrogen and oxygen atoms in total. The fourth-order valence-electron chi connectivity index (χ4n) is 1.52. The van der Waals surface area contributed by atoms with E-state index in [-0.39, 0.29) is 38.5 Å². The van der Waals surface area contributed by atoms with Crippen molar-refractivity contribution in [3.8, 4) is 11.5 Å². The van der Waals surface area contributed by atoms with Crippen LogP contribution in [-0.2, 0) is 37.5 Å². The van der Waals surface area contributed by atoms with Gasteiger partial charge in [0.25, 0.3) is 0 Å². The molecule has 0 amide bonds. The van der Waals surface area contributed by atoms with Crippen LogP contribution in [0.5, 0.6) is 11.5 Å². The summed E-state index contributed by atoms with van der Waals surface area (Å²) in [5.74, 6) is 0.196. The number of hydrogen-bond acceptors (Lipinski definition) is 3. The maximum Gasteiger partial charge on any atom is 0.338 e. The number of hydrogen-bond donors (Lipinski definition) is 1. The minimum Gasteiger partial charge on any atom is -0.508 e. The normalized spacial score (nSPS) is 9.61. The summed E-state index contributed by atoms with van der Waals surface area (Å²) < 4.78 is 5.21. The molecule has 0 aromatic heterocycles. The van der Waals surface area contributed by atoms with Crippen LogP contribution in [0, 0.1) is 0 Å². The minimum absolute atomic E-state index is 0. The van der Waals surface area contributed by atoms with E-state index in [0.29, 0.717) is 11.3 Å². The van der Waals surface area contributed by atoms with Gasteiger partial charge in [-0.15, -0.1) is 0 Å². The molecule has 0 fully saturated rings.